The number of aliphatic imine (C=N–C) groups is 1. The smallest absolute Gasteiger partial charge is 0.238 e. The normalized spacial score (nSPS) is 14.1. The summed E-state index contributed by atoms with van der Waals surface area (Å²) in [7, 11) is -3.82. The van der Waals surface area contributed by atoms with Crippen LogP contribution in [0.1, 0.15) is 11.3 Å². The molecule has 3 N–H and O–H groups in total. The van der Waals surface area contributed by atoms with Crippen LogP contribution in [0.2, 0.25) is 0 Å². The molecule has 1 aliphatic rings. The molecule has 158 valence electrons. The highest BCUT2D eigenvalue weighted by Gasteiger charge is 2.20. The molecule has 0 radical (unpaired) electrons. The van der Waals surface area contributed by atoms with E-state index in [0.717, 1.165) is 22.4 Å². The van der Waals surface area contributed by atoms with Gasteiger partial charge < -0.3 is 5.11 Å². The number of imidazole rings is 1. The minimum atomic E-state index is -3.82. The molecule has 7 nitrogen and oxygen atoms in total. The molecule has 0 aliphatic carbocycles. The van der Waals surface area contributed by atoms with Crippen molar-refractivity contribution in [2.24, 2.45) is 10.1 Å². The highest BCUT2D eigenvalue weighted by molar-refractivity contribution is 7.89. The summed E-state index contributed by atoms with van der Waals surface area (Å²) in [5.41, 5.74) is 4.37. The number of nitrogens with two attached hydrogens (primary N) is 1. The third-order valence-electron chi connectivity index (χ3n) is 5.18. The fourth-order valence-electron chi connectivity index (χ4n) is 3.64. The first-order valence-electron chi connectivity index (χ1n) is 9.77. The minimum absolute atomic E-state index is 0.0109. The minimum Gasteiger partial charge on any atom is -0.493 e. The number of aromatic nitrogens is 2. The standard InChI is InChI=1S/C24H18N4O3S/c25-32(30,31)19-12-10-18(11-13-19)28-23(16-6-2-1-3-7-16)27-22(24(28)29)14-17-15-26-21-9-5-4-8-20(17)21/h1-15,29H,(H2,25,30,31)/b17-14+. The molecular formula is C24H18N4O3S. The fourth-order valence-corrected chi connectivity index (χ4v) is 4.15. The molecule has 0 bridgehead atoms. The molecule has 8 heteroatoms. The Labute approximate surface area is 184 Å². The van der Waals surface area contributed by atoms with Crippen LogP contribution in [-0.4, -0.2) is 29.3 Å². The number of allylic oxidation sites excluding steroid dienone is 1. The second kappa shape index (κ2) is 7.60. The van der Waals surface area contributed by atoms with E-state index >= 15 is 0 Å². The highest BCUT2D eigenvalue weighted by atomic mass is 32.2. The Kier molecular flexibility index (Phi) is 4.73. The van der Waals surface area contributed by atoms with Crippen LogP contribution in [0.15, 0.2) is 88.8 Å². The molecule has 0 saturated heterocycles. The maximum Gasteiger partial charge on any atom is 0.238 e. The molecular weight excluding hydrogens is 424 g/mol. The average molecular weight is 443 g/mol. The Morgan fingerprint density at radius 1 is 0.906 bits per heavy atom. The maximum absolute atomic E-state index is 11.6. The molecule has 0 amide bonds. The van der Waals surface area contributed by atoms with E-state index in [0.29, 0.717) is 17.2 Å². The van der Waals surface area contributed by atoms with Crippen LogP contribution < -0.4 is 5.14 Å². The Balaban J connectivity index is 1.68. The third-order valence-corrected chi connectivity index (χ3v) is 6.11. The van der Waals surface area contributed by atoms with Crippen molar-refractivity contribution in [2.75, 3.05) is 0 Å². The van der Waals surface area contributed by atoms with Crippen molar-refractivity contribution in [3.63, 3.8) is 0 Å². The molecule has 3 aromatic carbocycles. The zero-order chi connectivity index (χ0) is 22.3. The second-order valence-corrected chi connectivity index (χ2v) is 8.82. The summed E-state index contributed by atoms with van der Waals surface area (Å²) in [4.78, 5) is 9.09. The summed E-state index contributed by atoms with van der Waals surface area (Å²) < 4.78 is 24.8. The van der Waals surface area contributed by atoms with Gasteiger partial charge in [-0.25, -0.2) is 18.5 Å². The lowest BCUT2D eigenvalue weighted by Crippen LogP contribution is -2.12. The SMILES string of the molecule is NS(=O)(=O)c1ccc(-n2c(-c3ccccc3)nc(/C=C3\C=Nc4ccccc43)c2O)cc1. The molecule has 1 aromatic heterocycles. The van der Waals surface area contributed by atoms with Gasteiger partial charge in [-0.05, 0) is 36.4 Å². The van der Waals surface area contributed by atoms with Crippen LogP contribution in [0.5, 0.6) is 5.88 Å². The topological polar surface area (TPSA) is 111 Å². The Hall–Kier alpha value is -4.01. The molecule has 4 aromatic rings. The number of nitrogens with zero attached hydrogens (tertiary/aromatic N) is 3. The largest absolute Gasteiger partial charge is 0.493 e. The van der Waals surface area contributed by atoms with Crippen molar-refractivity contribution in [3.05, 3.63) is 90.1 Å². The van der Waals surface area contributed by atoms with Gasteiger partial charge in [-0.2, -0.15) is 0 Å². The molecule has 2 heterocycles. The summed E-state index contributed by atoms with van der Waals surface area (Å²) in [6.07, 6.45) is 3.53. The summed E-state index contributed by atoms with van der Waals surface area (Å²) in [6, 6.07) is 23.1. The average Bonchev–Trinajstić information content (AvgIpc) is 3.35. The van der Waals surface area contributed by atoms with Gasteiger partial charge in [0.1, 0.15) is 11.5 Å². The van der Waals surface area contributed by atoms with Crippen molar-refractivity contribution in [2.45, 2.75) is 4.90 Å². The van der Waals surface area contributed by atoms with Gasteiger partial charge in [0.15, 0.2) is 0 Å². The van der Waals surface area contributed by atoms with Crippen LogP contribution in [0.4, 0.5) is 5.69 Å². The van der Waals surface area contributed by atoms with Crippen molar-refractivity contribution in [1.82, 2.24) is 9.55 Å². The van der Waals surface area contributed by atoms with E-state index in [1.165, 1.54) is 12.1 Å². The zero-order valence-corrected chi connectivity index (χ0v) is 17.6. The van der Waals surface area contributed by atoms with E-state index < -0.39 is 10.0 Å². The number of primary sulfonamides is 1. The molecule has 0 saturated carbocycles. The van der Waals surface area contributed by atoms with Gasteiger partial charge in [0.2, 0.25) is 15.9 Å². The Morgan fingerprint density at radius 2 is 1.59 bits per heavy atom. The number of rotatable bonds is 4. The predicted octanol–water partition coefficient (Wildman–Crippen LogP) is 4.15. The van der Waals surface area contributed by atoms with Crippen molar-refractivity contribution in [1.29, 1.82) is 0 Å². The van der Waals surface area contributed by atoms with Crippen molar-refractivity contribution in [3.8, 4) is 23.0 Å². The number of para-hydroxylation sites is 1. The van der Waals surface area contributed by atoms with Gasteiger partial charge in [0.25, 0.3) is 0 Å². The van der Waals surface area contributed by atoms with Crippen molar-refractivity contribution < 1.29 is 13.5 Å². The van der Waals surface area contributed by atoms with Gasteiger partial charge in [0.05, 0.1) is 16.3 Å². The molecule has 5 rings (SSSR count). The predicted molar refractivity (Wildman–Crippen MR) is 125 cm³/mol. The number of hydrogen-bond acceptors (Lipinski definition) is 5. The molecule has 0 unspecified atom stereocenters. The number of aromatic hydroxyl groups is 1. The van der Waals surface area contributed by atoms with E-state index in [2.05, 4.69) is 4.99 Å². The zero-order valence-electron chi connectivity index (χ0n) is 16.8. The van der Waals surface area contributed by atoms with Crippen LogP contribution in [0.25, 0.3) is 28.7 Å². The van der Waals surface area contributed by atoms with E-state index in [1.807, 2.05) is 54.6 Å². The van der Waals surface area contributed by atoms with Gasteiger partial charge in [0, 0.05) is 22.9 Å². The molecule has 0 spiro atoms. The first kappa shape index (κ1) is 19.9. The second-order valence-electron chi connectivity index (χ2n) is 7.26. The van der Waals surface area contributed by atoms with Gasteiger partial charge in [-0.15, -0.1) is 0 Å². The third kappa shape index (κ3) is 3.51. The van der Waals surface area contributed by atoms with Gasteiger partial charge in [-0.1, -0.05) is 48.5 Å². The number of fused-ring (bicyclic) bond motifs is 1. The number of sulfonamides is 1. The molecule has 0 fully saturated rings. The summed E-state index contributed by atoms with van der Waals surface area (Å²) in [5.74, 6) is 0.444. The van der Waals surface area contributed by atoms with Gasteiger partial charge in [-0.3, -0.25) is 9.56 Å². The van der Waals surface area contributed by atoms with E-state index in [-0.39, 0.29) is 10.8 Å². The van der Waals surface area contributed by atoms with Gasteiger partial charge >= 0.3 is 0 Å². The number of benzene rings is 3. The summed E-state index contributed by atoms with van der Waals surface area (Å²) in [5, 5.41) is 16.3. The Bertz CT molecular complexity index is 1490. The van der Waals surface area contributed by atoms with E-state index in [4.69, 9.17) is 10.1 Å². The molecule has 0 atom stereocenters. The Morgan fingerprint density at radius 3 is 2.31 bits per heavy atom. The van der Waals surface area contributed by atoms with Crippen LogP contribution in [-0.2, 0) is 10.0 Å². The molecule has 1 aliphatic heterocycles. The quantitative estimate of drug-likeness (QED) is 0.495. The highest BCUT2D eigenvalue weighted by Crippen LogP contribution is 2.36. The summed E-state index contributed by atoms with van der Waals surface area (Å²) >= 11 is 0. The lowest BCUT2D eigenvalue weighted by atomic mass is 10.1. The first-order chi connectivity index (χ1) is 15.4. The van der Waals surface area contributed by atoms with Crippen LogP contribution in [0.3, 0.4) is 0 Å². The van der Waals surface area contributed by atoms with Crippen molar-refractivity contribution >= 4 is 33.6 Å². The lowest BCUT2D eigenvalue weighted by molar-refractivity contribution is 0.442. The molecule has 32 heavy (non-hydrogen) atoms. The monoisotopic (exact) mass is 442 g/mol. The van der Waals surface area contributed by atoms with E-state index in [9.17, 15) is 13.5 Å². The van der Waals surface area contributed by atoms with E-state index in [1.54, 1.807) is 29.0 Å². The first-order valence-corrected chi connectivity index (χ1v) is 11.3. The lowest BCUT2D eigenvalue weighted by Gasteiger charge is -2.10. The van der Waals surface area contributed by atoms with Crippen LogP contribution in [0, 0.1) is 0 Å². The van der Waals surface area contributed by atoms with Crippen LogP contribution >= 0.6 is 0 Å². The summed E-state index contributed by atoms with van der Waals surface area (Å²) in [6.45, 7) is 0. The maximum atomic E-state index is 11.6. The number of hydrogen-bond donors (Lipinski definition) is 2. The fraction of sp³-hybridized carbons (Fsp3) is 0.